The number of hydrazine groups is 1. The predicted molar refractivity (Wildman–Crippen MR) is 126 cm³/mol. The van der Waals surface area contributed by atoms with Gasteiger partial charge in [0.25, 0.3) is 17.7 Å². The van der Waals surface area contributed by atoms with Gasteiger partial charge in [-0.15, -0.1) is 0 Å². The van der Waals surface area contributed by atoms with E-state index in [0.29, 0.717) is 17.2 Å². The molecule has 3 aromatic rings. The summed E-state index contributed by atoms with van der Waals surface area (Å²) in [5.74, 6) is -1.84. The van der Waals surface area contributed by atoms with Crippen LogP contribution in [0.5, 0.6) is 17.2 Å². The second-order valence-electron chi connectivity index (χ2n) is 7.88. The van der Waals surface area contributed by atoms with Crippen LogP contribution in [0.15, 0.2) is 54.7 Å². The number of benzene rings is 2. The van der Waals surface area contributed by atoms with Crippen LogP contribution in [-0.2, 0) is 4.79 Å². The minimum absolute atomic E-state index is 0.236. The van der Waals surface area contributed by atoms with E-state index >= 15 is 0 Å². The Kier molecular flexibility index (Phi) is 7.92. The third kappa shape index (κ3) is 6.08. The lowest BCUT2D eigenvalue weighted by Crippen LogP contribution is -2.54. The highest BCUT2D eigenvalue weighted by molar-refractivity contribution is 5.99. The zero-order valence-corrected chi connectivity index (χ0v) is 19.7. The van der Waals surface area contributed by atoms with Crippen molar-refractivity contribution in [2.45, 2.75) is 19.9 Å². The number of hydrogen-bond donors (Lipinski definition) is 4. The second kappa shape index (κ2) is 11.1. The molecule has 1 heterocycles. The normalized spacial score (nSPS) is 11.5. The summed E-state index contributed by atoms with van der Waals surface area (Å²) in [7, 11) is 2.93. The minimum atomic E-state index is -0.976. The van der Waals surface area contributed by atoms with Gasteiger partial charge in [0.1, 0.15) is 17.5 Å². The van der Waals surface area contributed by atoms with Crippen molar-refractivity contribution in [1.82, 2.24) is 25.9 Å². The van der Waals surface area contributed by atoms with E-state index in [1.165, 1.54) is 37.2 Å². The van der Waals surface area contributed by atoms with Crippen molar-refractivity contribution in [1.29, 1.82) is 0 Å². The highest BCUT2D eigenvalue weighted by Crippen LogP contribution is 2.23. The number of nitrogens with zero attached hydrogens (tertiary/aromatic N) is 2. The van der Waals surface area contributed by atoms with Crippen LogP contribution < -0.4 is 25.6 Å². The van der Waals surface area contributed by atoms with Crippen LogP contribution >= 0.6 is 0 Å². The van der Waals surface area contributed by atoms with Gasteiger partial charge in [-0.2, -0.15) is 5.10 Å². The van der Waals surface area contributed by atoms with Crippen molar-refractivity contribution in [3.05, 3.63) is 66.0 Å². The maximum Gasteiger partial charge on any atom is 0.294 e. The van der Waals surface area contributed by atoms with Crippen molar-refractivity contribution < 1.29 is 29.0 Å². The zero-order chi connectivity index (χ0) is 25.5. The molecule has 0 aliphatic heterocycles. The Labute approximate surface area is 202 Å². The summed E-state index contributed by atoms with van der Waals surface area (Å²) in [6.07, 6.45) is 1.28. The standard InChI is InChI=1S/C24H27N5O6/c1-14(2)20(25-22(31)15-10-17(34-3)12-18(11-15)35-4)23(32)26-27-24(33)21-19(30)13-29(28-21)16-8-6-5-7-9-16/h5-14,20,30H,1-4H3,(H,25,31)(H,26,32)(H,27,33)/t20-/m0/s1. The molecule has 3 amide bonds. The van der Waals surface area contributed by atoms with E-state index in [-0.39, 0.29) is 22.9 Å². The lowest BCUT2D eigenvalue weighted by atomic mass is 10.0. The van der Waals surface area contributed by atoms with E-state index in [1.54, 1.807) is 44.2 Å². The summed E-state index contributed by atoms with van der Waals surface area (Å²) in [6, 6.07) is 12.6. The molecule has 0 aliphatic carbocycles. The lowest BCUT2D eigenvalue weighted by molar-refractivity contribution is -0.124. The number of hydrogen-bond acceptors (Lipinski definition) is 7. The van der Waals surface area contributed by atoms with Gasteiger partial charge < -0.3 is 19.9 Å². The molecular weight excluding hydrogens is 454 g/mol. The molecule has 0 aliphatic rings. The summed E-state index contributed by atoms with van der Waals surface area (Å²) in [6.45, 7) is 3.48. The smallest absolute Gasteiger partial charge is 0.294 e. The molecule has 11 heteroatoms. The van der Waals surface area contributed by atoms with Crippen LogP contribution in [-0.4, -0.2) is 52.9 Å². The molecule has 0 unspecified atom stereocenters. The number of ether oxygens (including phenoxy) is 2. The van der Waals surface area contributed by atoms with Gasteiger partial charge in [0, 0.05) is 11.6 Å². The van der Waals surface area contributed by atoms with Gasteiger partial charge in [-0.1, -0.05) is 32.0 Å². The lowest BCUT2D eigenvalue weighted by Gasteiger charge is -2.22. The fourth-order valence-electron chi connectivity index (χ4n) is 3.19. The van der Waals surface area contributed by atoms with Gasteiger partial charge in [0.15, 0.2) is 11.4 Å². The molecule has 11 nitrogen and oxygen atoms in total. The third-order valence-electron chi connectivity index (χ3n) is 5.08. The molecule has 0 saturated heterocycles. The Bertz CT molecular complexity index is 1190. The zero-order valence-electron chi connectivity index (χ0n) is 19.7. The number of nitrogens with one attached hydrogen (secondary N) is 3. The maximum absolute atomic E-state index is 12.8. The number of carbonyl (C=O) groups excluding carboxylic acids is 3. The van der Waals surface area contributed by atoms with Crippen LogP contribution in [0, 0.1) is 5.92 Å². The molecule has 1 atom stereocenters. The molecule has 2 aromatic carbocycles. The summed E-state index contributed by atoms with van der Waals surface area (Å²) in [5.41, 5.74) is 5.10. The summed E-state index contributed by atoms with van der Waals surface area (Å²) >= 11 is 0. The number of carbonyl (C=O) groups is 3. The molecule has 4 N–H and O–H groups in total. The monoisotopic (exact) mass is 481 g/mol. The maximum atomic E-state index is 12.8. The average Bonchev–Trinajstić information content (AvgIpc) is 3.27. The first-order valence-corrected chi connectivity index (χ1v) is 10.7. The van der Waals surface area contributed by atoms with E-state index in [0.717, 1.165) is 0 Å². The molecule has 0 radical (unpaired) electrons. The van der Waals surface area contributed by atoms with E-state index < -0.39 is 23.8 Å². The highest BCUT2D eigenvalue weighted by Gasteiger charge is 2.26. The van der Waals surface area contributed by atoms with Crippen LogP contribution in [0.2, 0.25) is 0 Å². The fourth-order valence-corrected chi connectivity index (χ4v) is 3.19. The van der Waals surface area contributed by atoms with Crippen molar-refractivity contribution in [3.63, 3.8) is 0 Å². The summed E-state index contributed by atoms with van der Waals surface area (Å²) in [5, 5.41) is 16.8. The Balaban J connectivity index is 1.67. The minimum Gasteiger partial charge on any atom is -0.504 e. The van der Waals surface area contributed by atoms with E-state index in [1.807, 2.05) is 6.07 Å². The van der Waals surface area contributed by atoms with Crippen LogP contribution in [0.1, 0.15) is 34.7 Å². The molecule has 0 saturated carbocycles. The molecule has 3 rings (SSSR count). The number of aromatic nitrogens is 2. The molecule has 0 bridgehead atoms. The van der Waals surface area contributed by atoms with Crippen molar-refractivity contribution in [3.8, 4) is 22.9 Å². The molecule has 0 fully saturated rings. The van der Waals surface area contributed by atoms with Gasteiger partial charge in [-0.3, -0.25) is 25.2 Å². The first-order chi connectivity index (χ1) is 16.7. The van der Waals surface area contributed by atoms with E-state index in [2.05, 4.69) is 21.3 Å². The molecule has 1 aromatic heterocycles. The molecule has 184 valence electrons. The van der Waals surface area contributed by atoms with Crippen LogP contribution in [0.3, 0.4) is 0 Å². The SMILES string of the molecule is COc1cc(OC)cc(C(=O)N[C@H](C(=O)NNC(=O)c2nn(-c3ccccc3)cc2O)C(C)C)c1. The third-order valence-corrected chi connectivity index (χ3v) is 5.08. The van der Waals surface area contributed by atoms with Gasteiger partial charge >= 0.3 is 0 Å². The average molecular weight is 482 g/mol. The van der Waals surface area contributed by atoms with Crippen molar-refractivity contribution in [2.24, 2.45) is 5.92 Å². The Morgan fingerprint density at radius 1 is 0.943 bits per heavy atom. The van der Waals surface area contributed by atoms with Gasteiger partial charge in [-0.25, -0.2) is 4.68 Å². The Hall–Kier alpha value is -4.54. The van der Waals surface area contributed by atoms with Crippen molar-refractivity contribution >= 4 is 17.7 Å². The fraction of sp³-hybridized carbons (Fsp3) is 0.250. The first kappa shape index (κ1) is 25.1. The van der Waals surface area contributed by atoms with Crippen LogP contribution in [0.25, 0.3) is 5.69 Å². The van der Waals surface area contributed by atoms with Gasteiger partial charge in [0.05, 0.1) is 26.1 Å². The first-order valence-electron chi connectivity index (χ1n) is 10.7. The number of aromatic hydroxyl groups is 1. The number of rotatable bonds is 8. The van der Waals surface area contributed by atoms with E-state index in [9.17, 15) is 19.5 Å². The predicted octanol–water partition coefficient (Wildman–Crippen LogP) is 1.81. The Morgan fingerprint density at radius 2 is 1.57 bits per heavy atom. The summed E-state index contributed by atoms with van der Waals surface area (Å²) < 4.78 is 11.7. The quantitative estimate of drug-likeness (QED) is 0.359. The van der Waals surface area contributed by atoms with Crippen molar-refractivity contribution in [2.75, 3.05) is 14.2 Å². The van der Waals surface area contributed by atoms with Crippen LogP contribution in [0.4, 0.5) is 0 Å². The van der Waals surface area contributed by atoms with Gasteiger partial charge in [-0.05, 0) is 30.2 Å². The largest absolute Gasteiger partial charge is 0.504 e. The topological polar surface area (TPSA) is 144 Å². The highest BCUT2D eigenvalue weighted by atomic mass is 16.5. The number of amides is 3. The van der Waals surface area contributed by atoms with E-state index in [4.69, 9.17) is 9.47 Å². The molecule has 0 spiro atoms. The number of para-hydroxylation sites is 1. The Morgan fingerprint density at radius 3 is 2.14 bits per heavy atom. The number of methoxy groups -OCH3 is 2. The van der Waals surface area contributed by atoms with Gasteiger partial charge in [0.2, 0.25) is 0 Å². The summed E-state index contributed by atoms with van der Waals surface area (Å²) in [4.78, 5) is 38.1. The second-order valence-corrected chi connectivity index (χ2v) is 7.88. The molecular formula is C24H27N5O6. The molecule has 35 heavy (non-hydrogen) atoms.